The van der Waals surface area contributed by atoms with E-state index in [0.29, 0.717) is 0 Å². The van der Waals surface area contributed by atoms with Crippen LogP contribution in [-0.2, 0) is 19.1 Å². The van der Waals surface area contributed by atoms with E-state index in [1.54, 1.807) is 20.8 Å². The summed E-state index contributed by atoms with van der Waals surface area (Å²) in [7, 11) is 0. The summed E-state index contributed by atoms with van der Waals surface area (Å²) in [4.78, 5) is 40.8. The molecule has 0 aromatic rings. The predicted molar refractivity (Wildman–Crippen MR) is 64.2 cm³/mol. The van der Waals surface area contributed by atoms with Crippen LogP contribution in [0.25, 0.3) is 0 Å². The number of carboxylic acids is 1. The third kappa shape index (κ3) is 10.5. The maximum Gasteiger partial charge on any atom is 0.408 e. The summed E-state index contributed by atoms with van der Waals surface area (Å²) in [5.74, 6) is -1.75. The molecule has 0 atom stereocenters. The van der Waals surface area contributed by atoms with Crippen molar-refractivity contribution in [3.05, 3.63) is 12.2 Å². The van der Waals surface area contributed by atoms with Crippen molar-refractivity contribution >= 4 is 23.9 Å². The van der Waals surface area contributed by atoms with Gasteiger partial charge in [-0.05, 0) is 20.8 Å². The fraction of sp³-hybridized carbons (Fsp3) is 0.455. The Bertz CT molecular complexity index is 392. The Morgan fingerprint density at radius 2 is 1.74 bits per heavy atom. The maximum atomic E-state index is 10.8. The van der Waals surface area contributed by atoms with E-state index in [4.69, 9.17) is 9.84 Å². The molecule has 3 amide bonds. The Morgan fingerprint density at radius 1 is 1.26 bits per heavy atom. The van der Waals surface area contributed by atoms with Crippen LogP contribution in [0.15, 0.2) is 12.2 Å². The topological polar surface area (TPSA) is 122 Å². The number of alkyl carbamates (subject to hydrolysis) is 1. The summed E-state index contributed by atoms with van der Waals surface area (Å²) >= 11 is 0. The molecule has 1 rings (SSSR count). The van der Waals surface area contributed by atoms with Gasteiger partial charge in [0.15, 0.2) is 0 Å². The second kappa shape index (κ2) is 7.14. The smallest absolute Gasteiger partial charge is 0.408 e. The number of hydrogen-bond donors (Lipinski definition) is 3. The Labute approximate surface area is 109 Å². The van der Waals surface area contributed by atoms with Gasteiger partial charge < -0.3 is 15.2 Å². The maximum absolute atomic E-state index is 10.8. The van der Waals surface area contributed by atoms with Crippen LogP contribution < -0.4 is 10.6 Å². The van der Waals surface area contributed by atoms with Crippen LogP contribution in [0.5, 0.6) is 0 Å². The molecule has 1 aliphatic heterocycles. The lowest BCUT2D eigenvalue weighted by Gasteiger charge is -2.19. The quantitative estimate of drug-likeness (QED) is 0.598. The summed E-state index contributed by atoms with van der Waals surface area (Å²) in [6.07, 6.45) is 1.68. The van der Waals surface area contributed by atoms with Crippen molar-refractivity contribution in [2.45, 2.75) is 26.4 Å². The average Bonchev–Trinajstić information content (AvgIpc) is 2.58. The van der Waals surface area contributed by atoms with Gasteiger partial charge in [-0.2, -0.15) is 0 Å². The van der Waals surface area contributed by atoms with Crippen molar-refractivity contribution in [3.8, 4) is 0 Å². The minimum Gasteiger partial charge on any atom is -0.480 e. The number of nitrogens with one attached hydrogen (secondary N) is 2. The van der Waals surface area contributed by atoms with Crippen LogP contribution >= 0.6 is 0 Å². The highest BCUT2D eigenvalue weighted by Gasteiger charge is 2.16. The van der Waals surface area contributed by atoms with Gasteiger partial charge in [-0.1, -0.05) is 0 Å². The van der Waals surface area contributed by atoms with Gasteiger partial charge in [-0.3, -0.25) is 19.7 Å². The van der Waals surface area contributed by atoms with E-state index in [-0.39, 0.29) is 11.8 Å². The molecular weight excluding hydrogens is 256 g/mol. The summed E-state index contributed by atoms with van der Waals surface area (Å²) < 4.78 is 4.77. The Kier molecular flexibility index (Phi) is 6.25. The van der Waals surface area contributed by atoms with Gasteiger partial charge in [0, 0.05) is 12.2 Å². The lowest BCUT2D eigenvalue weighted by molar-refractivity contribution is -0.136. The Hall–Kier alpha value is -2.38. The van der Waals surface area contributed by atoms with Crippen LogP contribution in [0.1, 0.15) is 20.8 Å². The largest absolute Gasteiger partial charge is 0.480 e. The minimum atomic E-state index is -1.10. The number of carbonyl (C=O) groups is 4. The van der Waals surface area contributed by atoms with Crippen molar-refractivity contribution in [3.63, 3.8) is 0 Å². The number of carbonyl (C=O) groups excluding carboxylic acids is 3. The zero-order chi connectivity index (χ0) is 15.1. The zero-order valence-electron chi connectivity index (χ0n) is 10.9. The minimum absolute atomic E-state index is 0.329. The first-order valence-electron chi connectivity index (χ1n) is 5.32. The number of carboxylic acid groups (broad SMARTS) is 1. The highest BCUT2D eigenvalue weighted by Crippen LogP contribution is 2.05. The molecule has 0 saturated heterocycles. The first-order chi connectivity index (χ1) is 8.60. The first-order valence-corrected chi connectivity index (χ1v) is 5.32. The summed E-state index contributed by atoms with van der Waals surface area (Å²) in [6.45, 7) is 4.68. The number of hydrogen-bond acceptors (Lipinski definition) is 5. The molecule has 0 aromatic heterocycles. The van der Waals surface area contributed by atoms with Crippen LogP contribution in [-0.4, -0.2) is 41.1 Å². The van der Waals surface area contributed by atoms with Gasteiger partial charge in [0.2, 0.25) is 0 Å². The second-order valence-electron chi connectivity index (χ2n) is 4.44. The molecule has 0 aliphatic carbocycles. The molecule has 0 spiro atoms. The predicted octanol–water partition coefficient (Wildman–Crippen LogP) is -0.205. The van der Waals surface area contributed by atoms with E-state index in [2.05, 4.69) is 5.32 Å². The van der Waals surface area contributed by atoms with E-state index < -0.39 is 24.2 Å². The Balaban J connectivity index is 0.000000388. The molecule has 1 aliphatic rings. The molecule has 0 fully saturated rings. The fourth-order valence-electron chi connectivity index (χ4n) is 0.818. The molecule has 1 heterocycles. The van der Waals surface area contributed by atoms with Gasteiger partial charge in [0.05, 0.1) is 0 Å². The number of aliphatic carboxylic acids is 1. The highest BCUT2D eigenvalue weighted by molar-refractivity contribution is 6.12. The molecule has 3 N–H and O–H groups in total. The lowest BCUT2D eigenvalue weighted by atomic mass is 10.2. The van der Waals surface area contributed by atoms with Crippen molar-refractivity contribution in [1.29, 1.82) is 0 Å². The number of imide groups is 1. The van der Waals surface area contributed by atoms with Crippen LogP contribution in [0.3, 0.4) is 0 Å². The zero-order valence-corrected chi connectivity index (χ0v) is 10.9. The molecular formula is C11H16N2O6. The second-order valence-corrected chi connectivity index (χ2v) is 4.44. The van der Waals surface area contributed by atoms with Gasteiger partial charge in [-0.25, -0.2) is 4.79 Å². The average molecular weight is 272 g/mol. The fourth-order valence-corrected chi connectivity index (χ4v) is 0.818. The third-order valence-corrected chi connectivity index (χ3v) is 1.42. The van der Waals surface area contributed by atoms with Gasteiger partial charge in [0.25, 0.3) is 11.8 Å². The standard InChI is InChI=1S/C7H13NO4.C4H3NO2/c1-7(2,3)12-6(11)8-4-5(9)10;6-3-1-2-4(7)5-3/h4H2,1-3H3,(H,8,11)(H,9,10);1-2H,(H,5,6,7). The molecule has 0 unspecified atom stereocenters. The van der Waals surface area contributed by atoms with Crippen molar-refractivity contribution < 1.29 is 29.0 Å². The Morgan fingerprint density at radius 3 is 2.00 bits per heavy atom. The van der Waals surface area contributed by atoms with E-state index in [0.717, 1.165) is 0 Å². The molecule has 0 radical (unpaired) electrons. The van der Waals surface area contributed by atoms with Crippen molar-refractivity contribution in [2.75, 3.05) is 6.54 Å². The van der Waals surface area contributed by atoms with E-state index in [1.165, 1.54) is 12.2 Å². The van der Waals surface area contributed by atoms with E-state index in [1.807, 2.05) is 5.32 Å². The summed E-state index contributed by atoms with van der Waals surface area (Å²) in [6, 6.07) is 0. The molecule has 8 nitrogen and oxygen atoms in total. The van der Waals surface area contributed by atoms with E-state index in [9.17, 15) is 19.2 Å². The van der Waals surface area contributed by atoms with Gasteiger partial charge in [0.1, 0.15) is 12.1 Å². The molecule has 0 bridgehead atoms. The lowest BCUT2D eigenvalue weighted by Crippen LogP contribution is -2.35. The molecule has 0 aromatic carbocycles. The molecule has 0 saturated carbocycles. The molecule has 106 valence electrons. The monoisotopic (exact) mass is 272 g/mol. The van der Waals surface area contributed by atoms with Gasteiger partial charge in [-0.15, -0.1) is 0 Å². The first kappa shape index (κ1) is 16.6. The highest BCUT2D eigenvalue weighted by atomic mass is 16.6. The van der Waals surface area contributed by atoms with Gasteiger partial charge >= 0.3 is 12.1 Å². The number of amides is 3. The summed E-state index contributed by atoms with van der Waals surface area (Å²) in [5, 5.41) is 12.3. The van der Waals surface area contributed by atoms with Crippen LogP contribution in [0.4, 0.5) is 4.79 Å². The molecule has 19 heavy (non-hydrogen) atoms. The number of ether oxygens (including phenoxy) is 1. The third-order valence-electron chi connectivity index (χ3n) is 1.42. The molecule has 8 heteroatoms. The van der Waals surface area contributed by atoms with Crippen LogP contribution in [0.2, 0.25) is 0 Å². The van der Waals surface area contributed by atoms with E-state index >= 15 is 0 Å². The van der Waals surface area contributed by atoms with Crippen molar-refractivity contribution in [2.24, 2.45) is 0 Å². The van der Waals surface area contributed by atoms with Crippen molar-refractivity contribution in [1.82, 2.24) is 10.6 Å². The van der Waals surface area contributed by atoms with Crippen LogP contribution in [0, 0.1) is 0 Å². The summed E-state index contributed by atoms with van der Waals surface area (Å²) in [5.41, 5.74) is -0.595. The normalized spacial score (nSPS) is 13.2. The SMILES string of the molecule is CC(C)(C)OC(=O)NCC(=O)O.O=C1C=CC(=O)N1. The number of rotatable bonds is 2.